The van der Waals surface area contributed by atoms with E-state index in [4.69, 9.17) is 30.2 Å². The number of nitrogens with zero attached hydrogens (tertiary/aromatic N) is 1. The SMILES string of the molecule is C#CCO/N=C(\C)[C@H]1CCC2C3CC=C4C[C@@H](OC5C=C[C@H](OC(C)=O)[C@@H](COC(C)=O)O5)CC[C@]4(C)C3CC[C@@]21C. The van der Waals surface area contributed by atoms with Crippen LogP contribution in [0.25, 0.3) is 0 Å². The molecule has 1 heterocycles. The molecule has 230 valence electrons. The van der Waals surface area contributed by atoms with Crippen LogP contribution in [-0.2, 0) is 33.4 Å². The molecule has 1 aliphatic heterocycles. The van der Waals surface area contributed by atoms with Crippen molar-refractivity contribution in [3.63, 3.8) is 0 Å². The average molecular weight is 582 g/mol. The summed E-state index contributed by atoms with van der Waals surface area (Å²) in [5, 5.41) is 4.40. The number of fused-ring (bicyclic) bond motifs is 5. The molecule has 0 saturated heterocycles. The lowest BCUT2D eigenvalue weighted by Gasteiger charge is -2.58. The van der Waals surface area contributed by atoms with Gasteiger partial charge in [-0.05, 0) is 99.0 Å². The highest BCUT2D eigenvalue weighted by atomic mass is 16.7. The summed E-state index contributed by atoms with van der Waals surface area (Å²) in [6.07, 6.45) is 18.7. The van der Waals surface area contributed by atoms with Crippen molar-refractivity contribution < 1.29 is 33.4 Å². The molecule has 0 N–H and O–H groups in total. The van der Waals surface area contributed by atoms with Gasteiger partial charge >= 0.3 is 11.9 Å². The number of carbonyl (C=O) groups is 2. The zero-order valence-corrected chi connectivity index (χ0v) is 25.8. The van der Waals surface area contributed by atoms with Gasteiger partial charge in [-0.3, -0.25) is 9.59 Å². The monoisotopic (exact) mass is 581 g/mol. The third-order valence-electron chi connectivity index (χ3n) is 11.1. The topological polar surface area (TPSA) is 92.6 Å². The van der Waals surface area contributed by atoms with Crippen LogP contribution in [0.2, 0.25) is 0 Å². The van der Waals surface area contributed by atoms with Gasteiger partial charge in [0.2, 0.25) is 0 Å². The Morgan fingerprint density at radius 3 is 2.62 bits per heavy atom. The summed E-state index contributed by atoms with van der Waals surface area (Å²) in [5.41, 5.74) is 3.08. The molecule has 3 fully saturated rings. The van der Waals surface area contributed by atoms with Crippen molar-refractivity contribution in [2.24, 2.45) is 39.7 Å². The van der Waals surface area contributed by atoms with Crippen LogP contribution in [-0.4, -0.2) is 55.5 Å². The standard InChI is InChI=1S/C34H47NO7/c1-7-18-39-35-21(2)27-10-11-28-26-9-8-24-19-25(14-16-33(24,5)29(26)15-17-34(27,28)6)41-32-13-12-30(40-23(4)37)31(42-32)20-38-22(3)36/h1,8,12-13,25-32H,9-11,14-20H2,2-6H3/b35-21+/t25-,26?,27+,28?,29?,30-,31+,32?,33-,34+/m0/s1. The van der Waals surface area contributed by atoms with Gasteiger partial charge in [0.1, 0.15) is 18.8 Å². The number of ether oxygens (including phenoxy) is 4. The van der Waals surface area contributed by atoms with E-state index in [1.165, 1.54) is 45.1 Å². The molecule has 4 unspecified atom stereocenters. The smallest absolute Gasteiger partial charge is 0.303 e. The van der Waals surface area contributed by atoms with Gasteiger partial charge in [-0.15, -0.1) is 6.42 Å². The van der Waals surface area contributed by atoms with Crippen LogP contribution >= 0.6 is 0 Å². The molecule has 10 atom stereocenters. The van der Waals surface area contributed by atoms with E-state index in [1.54, 1.807) is 12.2 Å². The second kappa shape index (κ2) is 12.5. The predicted molar refractivity (Wildman–Crippen MR) is 158 cm³/mol. The minimum atomic E-state index is -0.618. The third-order valence-corrected chi connectivity index (χ3v) is 11.1. The molecule has 0 aromatic heterocycles. The second-order valence-corrected chi connectivity index (χ2v) is 13.4. The van der Waals surface area contributed by atoms with Crippen LogP contribution in [0.15, 0.2) is 29.0 Å². The van der Waals surface area contributed by atoms with Crippen LogP contribution in [0, 0.1) is 46.8 Å². The Hall–Kier alpha value is -2.63. The molecule has 5 aliphatic rings. The van der Waals surface area contributed by atoms with Crippen molar-refractivity contribution in [1.29, 1.82) is 0 Å². The minimum absolute atomic E-state index is 0.00130. The van der Waals surface area contributed by atoms with Crippen molar-refractivity contribution in [3.05, 3.63) is 23.8 Å². The van der Waals surface area contributed by atoms with Gasteiger partial charge in [0, 0.05) is 19.8 Å². The van der Waals surface area contributed by atoms with E-state index >= 15 is 0 Å². The number of hydrogen-bond acceptors (Lipinski definition) is 8. The van der Waals surface area contributed by atoms with Gasteiger partial charge in [-0.2, -0.15) is 0 Å². The van der Waals surface area contributed by atoms with E-state index in [-0.39, 0.29) is 30.1 Å². The first-order chi connectivity index (χ1) is 20.0. The number of allylic oxidation sites excluding steroid dienone is 1. The minimum Gasteiger partial charge on any atom is -0.463 e. The molecule has 0 bridgehead atoms. The lowest BCUT2D eigenvalue weighted by molar-refractivity contribution is -0.213. The van der Waals surface area contributed by atoms with Crippen molar-refractivity contribution in [1.82, 2.24) is 0 Å². The lowest BCUT2D eigenvalue weighted by Crippen LogP contribution is -2.51. The van der Waals surface area contributed by atoms with Crippen molar-refractivity contribution >= 4 is 17.7 Å². The van der Waals surface area contributed by atoms with E-state index in [0.717, 1.165) is 31.4 Å². The molecular formula is C34H47NO7. The Kier molecular flexibility index (Phi) is 9.20. The fourth-order valence-corrected chi connectivity index (χ4v) is 9.19. The molecule has 8 heteroatoms. The molecule has 0 aromatic rings. The van der Waals surface area contributed by atoms with Crippen molar-refractivity contribution in [2.45, 2.75) is 111 Å². The van der Waals surface area contributed by atoms with Gasteiger partial charge in [-0.1, -0.05) is 36.6 Å². The Labute approximate surface area is 250 Å². The maximum absolute atomic E-state index is 11.6. The number of carbonyl (C=O) groups excluding carboxylic acids is 2. The molecular weight excluding hydrogens is 534 g/mol. The largest absolute Gasteiger partial charge is 0.463 e. The van der Waals surface area contributed by atoms with Crippen LogP contribution in [0.5, 0.6) is 0 Å². The first-order valence-electron chi connectivity index (χ1n) is 15.6. The fourth-order valence-electron chi connectivity index (χ4n) is 9.19. The van der Waals surface area contributed by atoms with E-state index in [0.29, 0.717) is 23.7 Å². The van der Waals surface area contributed by atoms with Crippen LogP contribution < -0.4 is 0 Å². The van der Waals surface area contributed by atoms with E-state index in [2.05, 4.69) is 37.9 Å². The highest BCUT2D eigenvalue weighted by molar-refractivity contribution is 5.85. The Bertz CT molecular complexity index is 1170. The molecule has 5 rings (SSSR count). The molecule has 0 radical (unpaired) electrons. The number of hydrogen-bond donors (Lipinski definition) is 0. The van der Waals surface area contributed by atoms with E-state index < -0.39 is 30.4 Å². The van der Waals surface area contributed by atoms with Gasteiger partial charge in [0.05, 0.1) is 11.8 Å². The highest BCUT2D eigenvalue weighted by Gasteiger charge is 2.59. The quantitative estimate of drug-likeness (QED) is 0.0900. The Morgan fingerprint density at radius 2 is 1.88 bits per heavy atom. The third kappa shape index (κ3) is 6.05. The molecule has 4 aliphatic carbocycles. The van der Waals surface area contributed by atoms with Crippen molar-refractivity contribution in [3.8, 4) is 12.3 Å². The van der Waals surface area contributed by atoms with Crippen LogP contribution in [0.3, 0.4) is 0 Å². The van der Waals surface area contributed by atoms with Crippen LogP contribution in [0.4, 0.5) is 0 Å². The Morgan fingerprint density at radius 1 is 1.07 bits per heavy atom. The number of oxime groups is 1. The van der Waals surface area contributed by atoms with Crippen molar-refractivity contribution in [2.75, 3.05) is 13.2 Å². The number of terminal acetylenes is 1. The summed E-state index contributed by atoms with van der Waals surface area (Å²) in [6, 6.07) is 0. The molecule has 0 amide bonds. The van der Waals surface area contributed by atoms with E-state index in [9.17, 15) is 9.59 Å². The normalized spacial score (nSPS) is 41.0. The summed E-state index contributed by atoms with van der Waals surface area (Å²) >= 11 is 0. The van der Waals surface area contributed by atoms with Gasteiger partial charge < -0.3 is 23.8 Å². The van der Waals surface area contributed by atoms with E-state index in [1.807, 2.05) is 0 Å². The average Bonchev–Trinajstić information content (AvgIpc) is 3.30. The summed E-state index contributed by atoms with van der Waals surface area (Å²) in [7, 11) is 0. The summed E-state index contributed by atoms with van der Waals surface area (Å²) in [6.45, 7) is 10.0. The molecule has 0 aromatic carbocycles. The zero-order valence-electron chi connectivity index (χ0n) is 25.8. The number of esters is 2. The maximum Gasteiger partial charge on any atom is 0.303 e. The lowest BCUT2D eigenvalue weighted by atomic mass is 9.47. The first kappa shape index (κ1) is 30.8. The van der Waals surface area contributed by atoms with Gasteiger partial charge in [0.15, 0.2) is 12.9 Å². The maximum atomic E-state index is 11.6. The fraction of sp³-hybridized carbons (Fsp3) is 0.735. The summed E-state index contributed by atoms with van der Waals surface area (Å²) in [4.78, 5) is 28.3. The summed E-state index contributed by atoms with van der Waals surface area (Å²) in [5.74, 6) is 4.22. The summed E-state index contributed by atoms with van der Waals surface area (Å²) < 4.78 is 23.1. The highest BCUT2D eigenvalue weighted by Crippen LogP contribution is 2.66. The zero-order chi connectivity index (χ0) is 30.1. The van der Waals surface area contributed by atoms with Gasteiger partial charge in [0.25, 0.3) is 0 Å². The molecule has 42 heavy (non-hydrogen) atoms. The Balaban J connectivity index is 1.24. The van der Waals surface area contributed by atoms with Crippen LogP contribution in [0.1, 0.15) is 86.0 Å². The molecule has 3 saturated carbocycles. The molecule has 0 spiro atoms. The predicted octanol–water partition coefficient (Wildman–Crippen LogP) is 5.75. The first-order valence-corrected chi connectivity index (χ1v) is 15.6. The molecule has 8 nitrogen and oxygen atoms in total. The second-order valence-electron chi connectivity index (χ2n) is 13.4. The number of rotatable bonds is 8. The van der Waals surface area contributed by atoms with Gasteiger partial charge in [-0.25, -0.2) is 0 Å².